The highest BCUT2D eigenvalue weighted by Gasteiger charge is 2.35. The molecule has 0 saturated carbocycles. The van der Waals surface area contributed by atoms with Gasteiger partial charge in [0.05, 0.1) is 42.3 Å². The summed E-state index contributed by atoms with van der Waals surface area (Å²) < 4.78 is 14.9. The highest BCUT2D eigenvalue weighted by molar-refractivity contribution is 5.93. The van der Waals surface area contributed by atoms with Crippen molar-refractivity contribution in [2.45, 2.75) is 19.4 Å². The summed E-state index contributed by atoms with van der Waals surface area (Å²) in [6.07, 6.45) is 5.96. The lowest BCUT2D eigenvalue weighted by Crippen LogP contribution is -2.54. The molecule has 4 aromatic rings. The molecule has 0 spiro atoms. The van der Waals surface area contributed by atoms with Crippen molar-refractivity contribution in [1.82, 2.24) is 39.8 Å². The topological polar surface area (TPSA) is 137 Å². The van der Waals surface area contributed by atoms with E-state index >= 15 is 0 Å². The van der Waals surface area contributed by atoms with Gasteiger partial charge < -0.3 is 25.0 Å². The normalized spacial score (nSPS) is 17.3. The highest BCUT2D eigenvalue weighted by atomic mass is 16.5. The molecule has 0 radical (unpaired) electrons. The average Bonchev–Trinajstić information content (AvgIpc) is 3.43. The molecule has 1 saturated heterocycles. The Labute approximate surface area is 219 Å². The van der Waals surface area contributed by atoms with Crippen molar-refractivity contribution in [2.75, 3.05) is 50.2 Å². The van der Waals surface area contributed by atoms with Gasteiger partial charge in [0, 0.05) is 58.7 Å². The van der Waals surface area contributed by atoms with Crippen LogP contribution in [0, 0.1) is 5.92 Å². The van der Waals surface area contributed by atoms with Crippen molar-refractivity contribution in [3.8, 4) is 17.3 Å². The van der Waals surface area contributed by atoms with Gasteiger partial charge in [0.1, 0.15) is 17.2 Å². The van der Waals surface area contributed by atoms with Crippen LogP contribution in [0.5, 0.6) is 5.88 Å². The number of hydrogen-bond donors (Lipinski definition) is 2. The lowest BCUT2D eigenvalue weighted by atomic mass is 9.99. The number of rotatable bonds is 5. The molecule has 1 atom stereocenters. The van der Waals surface area contributed by atoms with Gasteiger partial charge >= 0.3 is 0 Å². The predicted octanol–water partition coefficient (Wildman–Crippen LogP) is 1.91. The van der Waals surface area contributed by atoms with Crippen molar-refractivity contribution >= 4 is 34.3 Å². The summed E-state index contributed by atoms with van der Waals surface area (Å²) >= 11 is 0. The fraction of sp³-hybridized carbons (Fsp3) is 0.440. The smallest absolute Gasteiger partial charge is 0.226 e. The number of carbonyl (C=O) groups excluding carboxylic acids is 1. The van der Waals surface area contributed by atoms with Crippen LogP contribution in [0.4, 0.5) is 17.5 Å². The number of ether oxygens (including phenoxy) is 2. The van der Waals surface area contributed by atoms with Crippen LogP contribution in [-0.4, -0.2) is 80.4 Å². The monoisotopic (exact) mass is 518 g/mol. The van der Waals surface area contributed by atoms with Crippen molar-refractivity contribution in [3.63, 3.8) is 0 Å². The maximum absolute atomic E-state index is 12.4. The molecule has 2 aliphatic heterocycles. The van der Waals surface area contributed by atoms with Crippen LogP contribution in [0.1, 0.15) is 19.4 Å². The Hall–Kier alpha value is -4.26. The molecular formula is C25H30N10O3. The quantitative estimate of drug-likeness (QED) is 0.377. The van der Waals surface area contributed by atoms with Gasteiger partial charge in [-0.3, -0.25) is 9.48 Å². The second-order valence-corrected chi connectivity index (χ2v) is 9.60. The number of aromatic nitrogens is 7. The number of hydrogen-bond acceptors (Lipinski definition) is 10. The third-order valence-corrected chi connectivity index (χ3v) is 6.96. The Kier molecular flexibility index (Phi) is 6.27. The zero-order chi connectivity index (χ0) is 26.2. The summed E-state index contributed by atoms with van der Waals surface area (Å²) in [4.78, 5) is 28.3. The molecule has 0 aromatic carbocycles. The molecule has 6 rings (SSSR count). The summed E-state index contributed by atoms with van der Waals surface area (Å²) in [5, 5.41) is 16.5. The van der Waals surface area contributed by atoms with E-state index < -0.39 is 0 Å². The number of carbonyl (C=O) groups is 1. The van der Waals surface area contributed by atoms with Gasteiger partial charge in [-0.15, -0.1) is 0 Å². The Morgan fingerprint density at radius 1 is 1.26 bits per heavy atom. The molecule has 2 aliphatic rings. The Balaban J connectivity index is 1.31. The number of anilines is 3. The van der Waals surface area contributed by atoms with E-state index in [2.05, 4.69) is 42.5 Å². The lowest BCUT2D eigenvalue weighted by molar-refractivity contribution is -0.125. The molecule has 6 heterocycles. The molecule has 0 aliphatic carbocycles. The molecule has 13 nitrogen and oxygen atoms in total. The standard InChI is InChI=1S/C25H30N10O3/c1-15-5-8-38-25-18(12-29-33(25)2)22-26-6-4-20(31-22)30-21-10-19-17(11-28-21)23(32-35(15)19)34-13-16(14-34)24(36)27-7-9-37-3/h4,6,10-12,15-16H,5,7-9,13-14H2,1-3H3,(H,27,36)(H,26,28,30,31). The molecule has 38 heavy (non-hydrogen) atoms. The second-order valence-electron chi connectivity index (χ2n) is 9.60. The van der Waals surface area contributed by atoms with Gasteiger partial charge in [-0.05, 0) is 13.0 Å². The van der Waals surface area contributed by atoms with E-state index in [9.17, 15) is 4.79 Å². The third-order valence-electron chi connectivity index (χ3n) is 6.96. The van der Waals surface area contributed by atoms with E-state index in [1.807, 2.05) is 24.0 Å². The maximum atomic E-state index is 12.4. The van der Waals surface area contributed by atoms with Crippen LogP contribution in [0.2, 0.25) is 0 Å². The highest BCUT2D eigenvalue weighted by Crippen LogP contribution is 2.35. The van der Waals surface area contributed by atoms with E-state index in [-0.39, 0.29) is 17.9 Å². The minimum Gasteiger partial charge on any atom is -0.477 e. The van der Waals surface area contributed by atoms with Crippen molar-refractivity contribution in [2.24, 2.45) is 13.0 Å². The summed E-state index contributed by atoms with van der Waals surface area (Å²) in [5.41, 5.74) is 1.68. The fourth-order valence-electron chi connectivity index (χ4n) is 4.78. The van der Waals surface area contributed by atoms with Crippen LogP contribution >= 0.6 is 0 Å². The van der Waals surface area contributed by atoms with Crippen molar-refractivity contribution < 1.29 is 14.3 Å². The number of methoxy groups -OCH3 is 1. The predicted molar refractivity (Wildman–Crippen MR) is 140 cm³/mol. The Morgan fingerprint density at radius 3 is 2.97 bits per heavy atom. The van der Waals surface area contributed by atoms with E-state index in [4.69, 9.17) is 14.6 Å². The number of aryl methyl sites for hydroxylation is 1. The minimum atomic E-state index is -0.0755. The number of pyridine rings is 1. The summed E-state index contributed by atoms with van der Waals surface area (Å²) in [7, 11) is 3.46. The molecule has 1 amide bonds. The number of fused-ring (bicyclic) bond motifs is 5. The number of amides is 1. The van der Waals surface area contributed by atoms with Gasteiger partial charge in [0.25, 0.3) is 0 Å². The molecule has 4 bridgehead atoms. The summed E-state index contributed by atoms with van der Waals surface area (Å²) in [5.74, 6) is 3.20. The first kappa shape index (κ1) is 24.1. The van der Waals surface area contributed by atoms with Gasteiger partial charge in [0.15, 0.2) is 11.6 Å². The molecule has 1 fully saturated rings. The first-order valence-electron chi connectivity index (χ1n) is 12.7. The Morgan fingerprint density at radius 2 is 2.13 bits per heavy atom. The van der Waals surface area contributed by atoms with Gasteiger partial charge in [-0.25, -0.2) is 19.6 Å². The van der Waals surface area contributed by atoms with E-state index in [0.717, 1.165) is 28.7 Å². The zero-order valence-electron chi connectivity index (χ0n) is 21.6. The SMILES string of the molecule is COCCNC(=O)C1CN(c2nn3c4cc(ncc24)Nc2ccnc(n2)-c2cnn(C)c2OCCC3C)C1. The summed E-state index contributed by atoms with van der Waals surface area (Å²) in [6.45, 7) is 4.81. The lowest BCUT2D eigenvalue weighted by Gasteiger charge is -2.38. The van der Waals surface area contributed by atoms with Crippen LogP contribution in [0.25, 0.3) is 22.3 Å². The maximum Gasteiger partial charge on any atom is 0.226 e. The molecule has 13 heteroatoms. The Bertz CT molecular complexity index is 1480. The zero-order valence-corrected chi connectivity index (χ0v) is 21.6. The second kappa shape index (κ2) is 9.89. The number of nitrogens with zero attached hydrogens (tertiary/aromatic N) is 8. The summed E-state index contributed by atoms with van der Waals surface area (Å²) in [6, 6.07) is 3.83. The van der Waals surface area contributed by atoms with Crippen LogP contribution in [0.3, 0.4) is 0 Å². The largest absolute Gasteiger partial charge is 0.477 e. The fourth-order valence-corrected chi connectivity index (χ4v) is 4.78. The number of nitrogens with one attached hydrogen (secondary N) is 2. The molecule has 198 valence electrons. The molecular weight excluding hydrogens is 488 g/mol. The van der Waals surface area contributed by atoms with Crippen LogP contribution in [0.15, 0.2) is 30.7 Å². The minimum absolute atomic E-state index is 0.0430. The average molecular weight is 519 g/mol. The third kappa shape index (κ3) is 4.38. The van der Waals surface area contributed by atoms with Crippen molar-refractivity contribution in [1.29, 1.82) is 0 Å². The van der Waals surface area contributed by atoms with Gasteiger partial charge in [-0.2, -0.15) is 10.2 Å². The first-order chi connectivity index (χ1) is 18.5. The molecule has 4 aromatic heterocycles. The van der Waals surface area contributed by atoms with E-state index in [0.29, 0.717) is 56.2 Å². The van der Waals surface area contributed by atoms with E-state index in [1.54, 1.807) is 30.3 Å². The van der Waals surface area contributed by atoms with E-state index in [1.165, 1.54) is 0 Å². The van der Waals surface area contributed by atoms with Crippen molar-refractivity contribution in [3.05, 3.63) is 30.7 Å². The van der Waals surface area contributed by atoms with Crippen LogP contribution in [-0.2, 0) is 16.6 Å². The van der Waals surface area contributed by atoms with Gasteiger partial charge in [0.2, 0.25) is 11.8 Å². The first-order valence-corrected chi connectivity index (χ1v) is 12.7. The van der Waals surface area contributed by atoms with Crippen LogP contribution < -0.4 is 20.3 Å². The molecule has 1 unspecified atom stereocenters. The van der Waals surface area contributed by atoms with Gasteiger partial charge in [-0.1, -0.05) is 0 Å². The molecule has 2 N–H and O–H groups in total.